The van der Waals surface area contributed by atoms with E-state index >= 15 is 0 Å². The molecule has 0 saturated heterocycles. The van der Waals surface area contributed by atoms with E-state index in [1.165, 1.54) is 15.8 Å². The minimum Gasteiger partial charge on any atom is -0.330 e. The highest BCUT2D eigenvalue weighted by Gasteiger charge is 1.97. The third-order valence-corrected chi connectivity index (χ3v) is 3.81. The van der Waals surface area contributed by atoms with Crippen LogP contribution in [0.5, 0.6) is 0 Å². The summed E-state index contributed by atoms with van der Waals surface area (Å²) in [5.41, 5.74) is 5.42. The zero-order chi connectivity index (χ0) is 9.52. The summed E-state index contributed by atoms with van der Waals surface area (Å²) in [6.07, 6.45) is 2.32. The maximum Gasteiger partial charge on any atom is 0.0311 e. The molecule has 72 valence electrons. The molecule has 1 aromatic carbocycles. The van der Waals surface area contributed by atoms with Gasteiger partial charge in [0, 0.05) is 9.37 Å². The van der Waals surface area contributed by atoms with Gasteiger partial charge in [-0.2, -0.15) is 0 Å². The molecule has 3 heteroatoms. The lowest BCUT2D eigenvalue weighted by atomic mass is 10.3. The topological polar surface area (TPSA) is 26.0 Å². The van der Waals surface area contributed by atoms with Crippen LogP contribution in [0.2, 0.25) is 0 Å². The van der Waals surface area contributed by atoms with E-state index in [4.69, 9.17) is 5.73 Å². The smallest absolute Gasteiger partial charge is 0.0311 e. The van der Waals surface area contributed by atoms with Gasteiger partial charge < -0.3 is 5.73 Å². The molecular formula is C10H14BrNS. The van der Waals surface area contributed by atoms with Crippen molar-refractivity contribution in [2.45, 2.75) is 17.7 Å². The van der Waals surface area contributed by atoms with Gasteiger partial charge in [-0.05, 0) is 53.2 Å². The van der Waals surface area contributed by atoms with Gasteiger partial charge >= 0.3 is 0 Å². The van der Waals surface area contributed by atoms with Gasteiger partial charge in [-0.25, -0.2) is 0 Å². The lowest BCUT2D eigenvalue weighted by Crippen LogP contribution is -1.98. The van der Waals surface area contributed by atoms with Crippen molar-refractivity contribution < 1.29 is 0 Å². The molecule has 1 rings (SSSR count). The Morgan fingerprint density at radius 2 is 2.00 bits per heavy atom. The van der Waals surface area contributed by atoms with E-state index in [0.717, 1.165) is 18.7 Å². The number of hydrogen-bond acceptors (Lipinski definition) is 2. The molecule has 0 saturated carbocycles. The van der Waals surface area contributed by atoms with Crippen LogP contribution in [-0.4, -0.2) is 12.3 Å². The van der Waals surface area contributed by atoms with E-state index in [0.29, 0.717) is 0 Å². The summed E-state index contributed by atoms with van der Waals surface area (Å²) in [7, 11) is 0. The Hall–Kier alpha value is 0.01000. The lowest BCUT2D eigenvalue weighted by Gasteiger charge is -2.02. The average Bonchev–Trinajstić information content (AvgIpc) is 2.15. The Morgan fingerprint density at radius 1 is 1.23 bits per heavy atom. The van der Waals surface area contributed by atoms with E-state index in [2.05, 4.69) is 34.1 Å². The fraction of sp³-hybridized carbons (Fsp3) is 0.400. The normalized spacial score (nSPS) is 10.3. The van der Waals surface area contributed by atoms with Crippen LogP contribution < -0.4 is 5.73 Å². The van der Waals surface area contributed by atoms with Crippen molar-refractivity contribution in [1.29, 1.82) is 0 Å². The molecule has 0 heterocycles. The maximum absolute atomic E-state index is 5.42. The maximum atomic E-state index is 5.42. The zero-order valence-electron chi connectivity index (χ0n) is 7.50. The van der Waals surface area contributed by atoms with Crippen LogP contribution in [0, 0.1) is 0 Å². The Balaban J connectivity index is 2.32. The predicted octanol–water partition coefficient (Wildman–Crippen LogP) is 3.28. The van der Waals surface area contributed by atoms with Gasteiger partial charge in [0.15, 0.2) is 0 Å². The summed E-state index contributed by atoms with van der Waals surface area (Å²) in [6.45, 7) is 0.802. The van der Waals surface area contributed by atoms with Crippen LogP contribution in [0.3, 0.4) is 0 Å². The summed E-state index contributed by atoms with van der Waals surface area (Å²) in [4.78, 5) is 1.32. The fourth-order valence-electron chi connectivity index (χ4n) is 0.990. The monoisotopic (exact) mass is 259 g/mol. The van der Waals surface area contributed by atoms with Gasteiger partial charge in [0.25, 0.3) is 0 Å². The number of benzene rings is 1. The van der Waals surface area contributed by atoms with Crippen molar-refractivity contribution in [2.24, 2.45) is 5.73 Å². The second kappa shape index (κ2) is 6.46. The molecule has 0 aromatic heterocycles. The first-order chi connectivity index (χ1) is 6.34. The van der Waals surface area contributed by atoms with Crippen LogP contribution in [-0.2, 0) is 0 Å². The summed E-state index contributed by atoms with van der Waals surface area (Å²) in [6, 6.07) is 8.31. The van der Waals surface area contributed by atoms with E-state index < -0.39 is 0 Å². The molecular weight excluding hydrogens is 246 g/mol. The number of halogens is 1. The lowest BCUT2D eigenvalue weighted by molar-refractivity contribution is 0.814. The molecule has 0 spiro atoms. The second-order valence-corrected chi connectivity index (χ2v) is 4.77. The molecule has 0 fully saturated rings. The summed E-state index contributed by atoms with van der Waals surface area (Å²) >= 11 is 5.40. The number of hydrogen-bond donors (Lipinski definition) is 1. The van der Waals surface area contributed by atoms with Crippen molar-refractivity contribution in [2.75, 3.05) is 12.3 Å². The molecule has 0 radical (unpaired) electrons. The first-order valence-electron chi connectivity index (χ1n) is 4.42. The van der Waals surface area contributed by atoms with Crippen LogP contribution in [0.4, 0.5) is 0 Å². The third-order valence-electron chi connectivity index (χ3n) is 1.69. The summed E-state index contributed by atoms with van der Waals surface area (Å²) in [5.74, 6) is 1.15. The standard InChI is InChI=1S/C10H14BrNS/c11-9-5-1-2-6-10(9)13-8-4-3-7-12/h1-2,5-6H,3-4,7-8,12H2. The Kier molecular flexibility index (Phi) is 5.51. The molecule has 2 N–H and O–H groups in total. The molecule has 1 nitrogen and oxygen atoms in total. The van der Waals surface area contributed by atoms with Gasteiger partial charge in [-0.1, -0.05) is 12.1 Å². The minimum atomic E-state index is 0.802. The first-order valence-corrected chi connectivity index (χ1v) is 6.20. The summed E-state index contributed by atoms with van der Waals surface area (Å²) in [5, 5.41) is 0. The van der Waals surface area contributed by atoms with Gasteiger partial charge in [0.2, 0.25) is 0 Å². The van der Waals surface area contributed by atoms with Crippen molar-refractivity contribution in [3.63, 3.8) is 0 Å². The molecule has 13 heavy (non-hydrogen) atoms. The highest BCUT2D eigenvalue weighted by Crippen LogP contribution is 2.27. The molecule has 0 atom stereocenters. The highest BCUT2D eigenvalue weighted by molar-refractivity contribution is 9.10. The minimum absolute atomic E-state index is 0.802. The quantitative estimate of drug-likeness (QED) is 0.649. The third kappa shape index (κ3) is 4.16. The first kappa shape index (κ1) is 11.1. The van der Waals surface area contributed by atoms with E-state index in [-0.39, 0.29) is 0 Å². The van der Waals surface area contributed by atoms with E-state index in [9.17, 15) is 0 Å². The molecule has 0 amide bonds. The average molecular weight is 260 g/mol. The number of rotatable bonds is 5. The fourth-order valence-corrected chi connectivity index (χ4v) is 2.57. The molecule has 0 aliphatic heterocycles. The van der Waals surface area contributed by atoms with Crippen LogP contribution >= 0.6 is 27.7 Å². The van der Waals surface area contributed by atoms with Gasteiger partial charge in [0.1, 0.15) is 0 Å². The largest absolute Gasteiger partial charge is 0.330 e. The molecule has 1 aromatic rings. The van der Waals surface area contributed by atoms with Crippen LogP contribution in [0.1, 0.15) is 12.8 Å². The molecule has 0 aliphatic carbocycles. The van der Waals surface area contributed by atoms with Crippen LogP contribution in [0.15, 0.2) is 33.6 Å². The zero-order valence-corrected chi connectivity index (χ0v) is 9.90. The second-order valence-electron chi connectivity index (χ2n) is 2.77. The number of nitrogens with two attached hydrogens (primary N) is 1. The van der Waals surface area contributed by atoms with Crippen molar-refractivity contribution >= 4 is 27.7 Å². The van der Waals surface area contributed by atoms with E-state index in [1.807, 2.05) is 17.8 Å². The van der Waals surface area contributed by atoms with Gasteiger partial charge in [0.05, 0.1) is 0 Å². The Bertz CT molecular complexity index is 252. The number of unbranched alkanes of at least 4 members (excludes halogenated alkanes) is 1. The van der Waals surface area contributed by atoms with Crippen LogP contribution in [0.25, 0.3) is 0 Å². The number of thioether (sulfide) groups is 1. The SMILES string of the molecule is NCCCCSc1ccccc1Br. The Labute approximate surface area is 92.2 Å². The van der Waals surface area contributed by atoms with Gasteiger partial charge in [-0.3, -0.25) is 0 Å². The van der Waals surface area contributed by atoms with Gasteiger partial charge in [-0.15, -0.1) is 11.8 Å². The van der Waals surface area contributed by atoms with Crippen molar-refractivity contribution in [1.82, 2.24) is 0 Å². The highest BCUT2D eigenvalue weighted by atomic mass is 79.9. The molecule has 0 bridgehead atoms. The van der Waals surface area contributed by atoms with Crippen molar-refractivity contribution in [3.8, 4) is 0 Å². The molecule has 0 unspecified atom stereocenters. The predicted molar refractivity (Wildman–Crippen MR) is 63.2 cm³/mol. The molecule has 0 aliphatic rings. The van der Waals surface area contributed by atoms with E-state index in [1.54, 1.807) is 0 Å². The summed E-state index contributed by atoms with van der Waals surface area (Å²) < 4.78 is 1.19. The van der Waals surface area contributed by atoms with Crippen molar-refractivity contribution in [3.05, 3.63) is 28.7 Å². The Morgan fingerprint density at radius 3 is 2.69 bits per heavy atom.